The Balaban J connectivity index is 2.09. The van der Waals surface area contributed by atoms with Gasteiger partial charge in [-0.25, -0.2) is 0 Å². The van der Waals surface area contributed by atoms with Crippen LogP contribution in [0, 0.1) is 10.1 Å². The molecule has 0 saturated carbocycles. The quantitative estimate of drug-likeness (QED) is 0.687. The number of para-hydroxylation sites is 1. The molecule has 0 radical (unpaired) electrons. The number of hydrogen-bond acceptors (Lipinski definition) is 4. The first-order chi connectivity index (χ1) is 9.58. The van der Waals surface area contributed by atoms with Crippen LogP contribution >= 0.6 is 15.9 Å². The molecule has 2 rings (SSSR count). The van der Waals surface area contributed by atoms with Crippen molar-refractivity contribution in [3.05, 3.63) is 68.4 Å². The van der Waals surface area contributed by atoms with Gasteiger partial charge in [-0.2, -0.15) is 0 Å². The van der Waals surface area contributed by atoms with Crippen LogP contribution in [0.4, 0.5) is 5.69 Å². The largest absolute Gasteiger partial charge is 0.348 e. The summed E-state index contributed by atoms with van der Waals surface area (Å²) in [5.41, 5.74) is 0.826. The molecule has 1 aromatic carbocycles. The third-order valence-corrected chi connectivity index (χ3v) is 3.03. The summed E-state index contributed by atoms with van der Waals surface area (Å²) in [5, 5.41) is 13.5. The van der Waals surface area contributed by atoms with Crippen LogP contribution < -0.4 is 5.32 Å². The first-order valence-corrected chi connectivity index (χ1v) is 6.48. The summed E-state index contributed by atoms with van der Waals surface area (Å²) in [7, 11) is 0. The Morgan fingerprint density at radius 3 is 2.80 bits per heavy atom. The molecule has 1 aromatic heterocycles. The fourth-order valence-electron chi connectivity index (χ4n) is 1.65. The van der Waals surface area contributed by atoms with Gasteiger partial charge in [-0.15, -0.1) is 0 Å². The molecule has 20 heavy (non-hydrogen) atoms. The zero-order chi connectivity index (χ0) is 14.5. The van der Waals surface area contributed by atoms with Crippen molar-refractivity contribution in [2.24, 2.45) is 0 Å². The number of halogens is 1. The van der Waals surface area contributed by atoms with Crippen LogP contribution in [0.1, 0.15) is 15.9 Å². The van der Waals surface area contributed by atoms with Gasteiger partial charge in [-0.05, 0) is 22.0 Å². The molecule has 0 fully saturated rings. The molecule has 1 N–H and O–H groups in total. The second kappa shape index (κ2) is 6.25. The van der Waals surface area contributed by atoms with Crippen molar-refractivity contribution in [1.82, 2.24) is 10.3 Å². The van der Waals surface area contributed by atoms with Crippen molar-refractivity contribution in [3.8, 4) is 0 Å². The maximum Gasteiger partial charge on any atom is 0.274 e. The first kappa shape index (κ1) is 14.1. The van der Waals surface area contributed by atoms with Gasteiger partial charge in [0.15, 0.2) is 0 Å². The number of hydrogen-bond donors (Lipinski definition) is 1. The van der Waals surface area contributed by atoms with Crippen LogP contribution in [0.25, 0.3) is 0 Å². The lowest BCUT2D eigenvalue weighted by Gasteiger charge is -2.06. The zero-order valence-corrected chi connectivity index (χ0v) is 11.8. The topological polar surface area (TPSA) is 85.1 Å². The Hall–Kier alpha value is -2.28. The van der Waals surface area contributed by atoms with Crippen LogP contribution in [0.15, 0.2) is 47.2 Å². The number of benzene rings is 1. The second-order valence-electron chi connectivity index (χ2n) is 3.96. The van der Waals surface area contributed by atoms with Crippen molar-refractivity contribution < 1.29 is 9.72 Å². The number of pyridine rings is 1. The molecule has 0 aliphatic rings. The van der Waals surface area contributed by atoms with E-state index in [0.717, 1.165) is 0 Å². The molecule has 0 atom stereocenters. The molecule has 1 heterocycles. The average Bonchev–Trinajstić information content (AvgIpc) is 2.45. The monoisotopic (exact) mass is 335 g/mol. The van der Waals surface area contributed by atoms with E-state index in [1.54, 1.807) is 30.5 Å². The second-order valence-corrected chi connectivity index (χ2v) is 4.88. The van der Waals surface area contributed by atoms with E-state index < -0.39 is 4.92 Å². The number of nitro groups is 1. The molecule has 0 aliphatic heterocycles. The van der Waals surface area contributed by atoms with E-state index in [1.807, 2.05) is 0 Å². The van der Waals surface area contributed by atoms with Crippen molar-refractivity contribution in [3.63, 3.8) is 0 Å². The van der Waals surface area contributed by atoms with Gasteiger partial charge < -0.3 is 5.32 Å². The Labute approximate surface area is 123 Å². The maximum atomic E-state index is 11.9. The van der Waals surface area contributed by atoms with E-state index in [-0.39, 0.29) is 18.1 Å². The smallest absolute Gasteiger partial charge is 0.274 e. The minimum Gasteiger partial charge on any atom is -0.348 e. The summed E-state index contributed by atoms with van der Waals surface area (Å²) in [4.78, 5) is 26.2. The van der Waals surface area contributed by atoms with Crippen LogP contribution in [-0.2, 0) is 6.54 Å². The third-order valence-electron chi connectivity index (χ3n) is 2.59. The molecular formula is C13H10BrN3O3. The van der Waals surface area contributed by atoms with Crippen LogP contribution in [0.5, 0.6) is 0 Å². The summed E-state index contributed by atoms with van der Waals surface area (Å²) < 4.78 is 0.691. The average molecular weight is 336 g/mol. The van der Waals surface area contributed by atoms with Crippen LogP contribution in [0.2, 0.25) is 0 Å². The van der Waals surface area contributed by atoms with Crippen molar-refractivity contribution in [1.29, 1.82) is 0 Å². The fourth-order valence-corrected chi connectivity index (χ4v) is 2.02. The van der Waals surface area contributed by atoms with E-state index in [4.69, 9.17) is 0 Å². The number of carbonyl (C=O) groups excluding carboxylic acids is 1. The molecular weight excluding hydrogens is 326 g/mol. The standard InChI is InChI=1S/C13H10BrN3O3/c14-11-5-10(6-15-8-11)13(18)16-7-9-3-1-2-4-12(9)17(19)20/h1-6,8H,7H2,(H,16,18). The lowest BCUT2D eigenvalue weighted by atomic mass is 10.1. The number of nitro benzene ring substituents is 1. The van der Waals surface area contributed by atoms with Gasteiger partial charge in [-0.1, -0.05) is 18.2 Å². The number of nitrogens with zero attached hydrogens (tertiary/aromatic N) is 2. The maximum absolute atomic E-state index is 11.9. The highest BCUT2D eigenvalue weighted by molar-refractivity contribution is 9.10. The van der Waals surface area contributed by atoms with Gasteiger partial charge in [0.05, 0.1) is 10.5 Å². The van der Waals surface area contributed by atoms with E-state index in [1.165, 1.54) is 12.3 Å². The molecule has 0 bridgehead atoms. The molecule has 102 valence electrons. The Kier molecular flexibility index (Phi) is 4.41. The van der Waals surface area contributed by atoms with E-state index in [2.05, 4.69) is 26.2 Å². The lowest BCUT2D eigenvalue weighted by Crippen LogP contribution is -2.23. The van der Waals surface area contributed by atoms with Crippen LogP contribution in [0.3, 0.4) is 0 Å². The highest BCUT2D eigenvalue weighted by Gasteiger charge is 2.13. The summed E-state index contributed by atoms with van der Waals surface area (Å²) in [6.07, 6.45) is 3.00. The normalized spacial score (nSPS) is 10.1. The summed E-state index contributed by atoms with van der Waals surface area (Å²) in [6, 6.07) is 7.91. The van der Waals surface area contributed by atoms with Crippen molar-refractivity contribution in [2.75, 3.05) is 0 Å². The van der Waals surface area contributed by atoms with Gasteiger partial charge in [0.25, 0.3) is 11.6 Å². The lowest BCUT2D eigenvalue weighted by molar-refractivity contribution is -0.385. The summed E-state index contributed by atoms with van der Waals surface area (Å²) in [5.74, 6) is -0.336. The van der Waals surface area contributed by atoms with Gasteiger partial charge in [0.1, 0.15) is 0 Å². The predicted octanol–water partition coefficient (Wildman–Crippen LogP) is 2.68. The van der Waals surface area contributed by atoms with Gasteiger partial charge in [-0.3, -0.25) is 19.9 Å². The SMILES string of the molecule is O=C(NCc1ccccc1[N+](=O)[O-])c1cncc(Br)c1. The minimum absolute atomic E-state index is 0.0137. The fraction of sp³-hybridized carbons (Fsp3) is 0.0769. The summed E-state index contributed by atoms with van der Waals surface area (Å²) in [6.45, 7) is 0.0858. The Morgan fingerprint density at radius 1 is 1.35 bits per heavy atom. The molecule has 0 saturated heterocycles. The number of amides is 1. The molecule has 0 aliphatic carbocycles. The molecule has 1 amide bonds. The number of aromatic nitrogens is 1. The first-order valence-electron chi connectivity index (χ1n) is 5.69. The molecule has 6 nitrogen and oxygen atoms in total. The zero-order valence-electron chi connectivity index (χ0n) is 10.2. The summed E-state index contributed by atoms with van der Waals surface area (Å²) >= 11 is 3.23. The third kappa shape index (κ3) is 3.39. The molecule has 0 unspecified atom stereocenters. The number of carbonyl (C=O) groups is 1. The van der Waals surface area contributed by atoms with Crippen molar-refractivity contribution >= 4 is 27.5 Å². The van der Waals surface area contributed by atoms with E-state index in [9.17, 15) is 14.9 Å². The highest BCUT2D eigenvalue weighted by atomic mass is 79.9. The molecule has 2 aromatic rings. The van der Waals surface area contributed by atoms with E-state index >= 15 is 0 Å². The Morgan fingerprint density at radius 2 is 2.10 bits per heavy atom. The molecule has 7 heteroatoms. The van der Waals surface area contributed by atoms with Gasteiger partial charge in [0.2, 0.25) is 0 Å². The predicted molar refractivity (Wildman–Crippen MR) is 76.2 cm³/mol. The van der Waals surface area contributed by atoms with Gasteiger partial charge >= 0.3 is 0 Å². The minimum atomic E-state index is -0.470. The Bertz CT molecular complexity index is 661. The number of nitrogens with one attached hydrogen (secondary N) is 1. The number of rotatable bonds is 4. The van der Waals surface area contributed by atoms with Crippen molar-refractivity contribution in [2.45, 2.75) is 6.54 Å². The highest BCUT2D eigenvalue weighted by Crippen LogP contribution is 2.17. The van der Waals surface area contributed by atoms with Crippen LogP contribution in [-0.4, -0.2) is 15.8 Å². The van der Waals surface area contributed by atoms with Gasteiger partial charge in [0, 0.05) is 35.0 Å². The molecule has 0 spiro atoms. The van der Waals surface area contributed by atoms with E-state index in [0.29, 0.717) is 15.6 Å².